The molecule has 0 fully saturated rings. The second kappa shape index (κ2) is 6.10. The lowest BCUT2D eigenvalue weighted by Crippen LogP contribution is -2.37. The van der Waals surface area contributed by atoms with Gasteiger partial charge < -0.3 is 15.6 Å². The third-order valence-corrected chi connectivity index (χ3v) is 4.19. The maximum absolute atomic E-state index is 12.3. The van der Waals surface area contributed by atoms with Crippen molar-refractivity contribution < 1.29 is 4.79 Å². The molecule has 1 amide bonds. The fourth-order valence-corrected chi connectivity index (χ4v) is 3.18. The van der Waals surface area contributed by atoms with Crippen LogP contribution in [0.4, 0.5) is 5.69 Å². The summed E-state index contributed by atoms with van der Waals surface area (Å²) in [5, 5.41) is 0.672. The Kier molecular flexibility index (Phi) is 4.18. The third-order valence-electron chi connectivity index (χ3n) is 3.95. The summed E-state index contributed by atoms with van der Waals surface area (Å²) < 4.78 is 0. The van der Waals surface area contributed by atoms with Crippen LogP contribution in [0.15, 0.2) is 24.4 Å². The Bertz CT molecular complexity index is 697. The molecule has 1 aliphatic heterocycles. The van der Waals surface area contributed by atoms with Gasteiger partial charge in [-0.15, -0.1) is 0 Å². The van der Waals surface area contributed by atoms with Gasteiger partial charge in [0, 0.05) is 29.0 Å². The standard InChI is InChI=1S/C16H19ClN4O/c1-2-3-12-9-19-16(20-12)14-7-10-6-11(17)4-5-13(10)21(14)15(22)8-18/h4-6,9,14H,2-3,7-8,18H2,1H3,(H,19,20). The SMILES string of the molecule is CCCc1cnc(C2Cc3cc(Cl)ccc3N2C(=O)CN)[nH]1. The normalized spacial score (nSPS) is 16.9. The van der Waals surface area contributed by atoms with E-state index in [0.29, 0.717) is 11.4 Å². The highest BCUT2D eigenvalue weighted by Gasteiger charge is 2.35. The summed E-state index contributed by atoms with van der Waals surface area (Å²) in [4.78, 5) is 21.8. The molecule has 0 aliphatic carbocycles. The molecule has 1 aliphatic rings. The van der Waals surface area contributed by atoms with Crippen LogP contribution in [0.1, 0.15) is 36.5 Å². The number of imidazole rings is 1. The number of nitrogens with one attached hydrogen (secondary N) is 1. The number of halogens is 1. The van der Waals surface area contributed by atoms with Gasteiger partial charge in [-0.1, -0.05) is 24.9 Å². The van der Waals surface area contributed by atoms with Crippen molar-refractivity contribution >= 4 is 23.2 Å². The lowest BCUT2D eigenvalue weighted by atomic mass is 10.1. The monoisotopic (exact) mass is 318 g/mol. The molecule has 3 rings (SSSR count). The van der Waals surface area contributed by atoms with Crippen LogP contribution in [0.2, 0.25) is 5.02 Å². The molecule has 0 saturated carbocycles. The minimum Gasteiger partial charge on any atom is -0.344 e. The van der Waals surface area contributed by atoms with E-state index < -0.39 is 0 Å². The van der Waals surface area contributed by atoms with Gasteiger partial charge in [-0.3, -0.25) is 4.79 Å². The van der Waals surface area contributed by atoms with E-state index >= 15 is 0 Å². The smallest absolute Gasteiger partial charge is 0.241 e. The van der Waals surface area contributed by atoms with E-state index in [1.165, 1.54) is 0 Å². The first kappa shape index (κ1) is 15.1. The van der Waals surface area contributed by atoms with Crippen molar-refractivity contribution in [1.29, 1.82) is 0 Å². The Morgan fingerprint density at radius 3 is 3.09 bits per heavy atom. The molecular formula is C16H19ClN4O. The van der Waals surface area contributed by atoms with Gasteiger partial charge in [0.1, 0.15) is 5.82 Å². The molecule has 116 valence electrons. The van der Waals surface area contributed by atoms with Gasteiger partial charge in [0.2, 0.25) is 5.91 Å². The summed E-state index contributed by atoms with van der Waals surface area (Å²) in [6, 6.07) is 5.43. The number of benzene rings is 1. The van der Waals surface area contributed by atoms with Gasteiger partial charge in [-0.25, -0.2) is 4.98 Å². The van der Waals surface area contributed by atoms with E-state index in [4.69, 9.17) is 17.3 Å². The molecule has 2 aromatic rings. The van der Waals surface area contributed by atoms with E-state index in [0.717, 1.165) is 35.6 Å². The van der Waals surface area contributed by atoms with Crippen LogP contribution in [0.3, 0.4) is 0 Å². The van der Waals surface area contributed by atoms with E-state index in [2.05, 4.69) is 16.9 Å². The average molecular weight is 319 g/mol. The first-order chi connectivity index (χ1) is 10.6. The molecule has 0 saturated heterocycles. The summed E-state index contributed by atoms with van der Waals surface area (Å²) in [5.41, 5.74) is 8.60. The molecular weight excluding hydrogens is 300 g/mol. The van der Waals surface area contributed by atoms with Crippen molar-refractivity contribution in [3.63, 3.8) is 0 Å². The highest BCUT2D eigenvalue weighted by molar-refractivity contribution is 6.30. The molecule has 1 atom stereocenters. The molecule has 5 nitrogen and oxygen atoms in total. The molecule has 1 unspecified atom stereocenters. The zero-order valence-corrected chi connectivity index (χ0v) is 13.2. The van der Waals surface area contributed by atoms with Crippen molar-refractivity contribution in [2.45, 2.75) is 32.2 Å². The number of fused-ring (bicyclic) bond motifs is 1. The number of nitrogens with two attached hydrogens (primary N) is 1. The quantitative estimate of drug-likeness (QED) is 0.910. The van der Waals surface area contributed by atoms with Gasteiger partial charge in [0.05, 0.1) is 12.6 Å². The van der Waals surface area contributed by atoms with Gasteiger partial charge in [-0.2, -0.15) is 0 Å². The zero-order valence-electron chi connectivity index (χ0n) is 12.5. The van der Waals surface area contributed by atoms with Crippen LogP contribution in [-0.4, -0.2) is 22.4 Å². The van der Waals surface area contributed by atoms with Crippen molar-refractivity contribution in [3.8, 4) is 0 Å². The van der Waals surface area contributed by atoms with Crippen LogP contribution in [0.25, 0.3) is 0 Å². The van der Waals surface area contributed by atoms with Gasteiger partial charge in [-0.05, 0) is 30.2 Å². The third kappa shape index (κ3) is 2.62. The predicted molar refractivity (Wildman–Crippen MR) is 87.0 cm³/mol. The number of nitrogens with zero attached hydrogens (tertiary/aromatic N) is 2. The number of aromatic amines is 1. The molecule has 0 bridgehead atoms. The summed E-state index contributed by atoms with van der Waals surface area (Å²) in [6.07, 6.45) is 4.54. The number of hydrogen-bond donors (Lipinski definition) is 2. The number of carbonyl (C=O) groups is 1. The van der Waals surface area contributed by atoms with E-state index in [-0.39, 0.29) is 18.5 Å². The van der Waals surface area contributed by atoms with Crippen LogP contribution in [-0.2, 0) is 17.6 Å². The first-order valence-corrected chi connectivity index (χ1v) is 7.86. The zero-order chi connectivity index (χ0) is 15.7. The van der Waals surface area contributed by atoms with Gasteiger partial charge in [0.15, 0.2) is 0 Å². The summed E-state index contributed by atoms with van der Waals surface area (Å²) in [5.74, 6) is 0.692. The van der Waals surface area contributed by atoms with Crippen LogP contribution >= 0.6 is 11.6 Å². The topological polar surface area (TPSA) is 75.0 Å². The Balaban J connectivity index is 1.98. The van der Waals surface area contributed by atoms with Crippen LogP contribution < -0.4 is 10.6 Å². The van der Waals surface area contributed by atoms with Crippen molar-refractivity contribution in [1.82, 2.24) is 9.97 Å². The fraction of sp³-hybridized carbons (Fsp3) is 0.375. The van der Waals surface area contributed by atoms with Crippen LogP contribution in [0, 0.1) is 0 Å². The molecule has 0 spiro atoms. The lowest BCUT2D eigenvalue weighted by molar-refractivity contribution is -0.117. The number of aryl methyl sites for hydroxylation is 1. The average Bonchev–Trinajstić information content (AvgIpc) is 3.10. The maximum Gasteiger partial charge on any atom is 0.241 e. The Hall–Kier alpha value is -1.85. The molecule has 6 heteroatoms. The Morgan fingerprint density at radius 2 is 2.36 bits per heavy atom. The highest BCUT2D eigenvalue weighted by atomic mass is 35.5. The van der Waals surface area contributed by atoms with E-state index in [9.17, 15) is 4.79 Å². The fourth-order valence-electron chi connectivity index (χ4n) is 2.99. The van der Waals surface area contributed by atoms with Crippen LogP contribution in [0.5, 0.6) is 0 Å². The minimum absolute atomic E-state index is 0.0267. The molecule has 1 aromatic heterocycles. The second-order valence-electron chi connectivity index (χ2n) is 5.50. The Morgan fingerprint density at radius 1 is 1.55 bits per heavy atom. The van der Waals surface area contributed by atoms with Crippen molar-refractivity contribution in [2.75, 3.05) is 11.4 Å². The highest BCUT2D eigenvalue weighted by Crippen LogP contribution is 2.40. The molecule has 1 aromatic carbocycles. The molecule has 2 heterocycles. The summed E-state index contributed by atoms with van der Waals surface area (Å²) in [6.45, 7) is 2.10. The lowest BCUT2D eigenvalue weighted by Gasteiger charge is -2.23. The van der Waals surface area contributed by atoms with E-state index in [1.54, 1.807) is 11.0 Å². The van der Waals surface area contributed by atoms with Crippen molar-refractivity contribution in [2.24, 2.45) is 5.73 Å². The Labute approximate surface area is 134 Å². The summed E-state index contributed by atoms with van der Waals surface area (Å²) >= 11 is 6.07. The molecule has 0 radical (unpaired) electrons. The molecule has 3 N–H and O–H groups in total. The van der Waals surface area contributed by atoms with Gasteiger partial charge in [0.25, 0.3) is 0 Å². The number of H-pyrrole nitrogens is 1. The number of carbonyl (C=O) groups excluding carboxylic acids is 1. The largest absolute Gasteiger partial charge is 0.344 e. The number of amides is 1. The number of aromatic nitrogens is 2. The predicted octanol–water partition coefficient (Wildman–Crippen LogP) is 2.60. The van der Waals surface area contributed by atoms with Crippen molar-refractivity contribution in [3.05, 3.63) is 46.5 Å². The number of hydrogen-bond acceptors (Lipinski definition) is 3. The second-order valence-corrected chi connectivity index (χ2v) is 5.94. The number of anilines is 1. The maximum atomic E-state index is 12.3. The van der Waals surface area contributed by atoms with Gasteiger partial charge >= 0.3 is 0 Å². The minimum atomic E-state index is -0.143. The number of rotatable bonds is 4. The van der Waals surface area contributed by atoms with E-state index in [1.807, 2.05) is 18.3 Å². The first-order valence-electron chi connectivity index (χ1n) is 7.48. The molecule has 22 heavy (non-hydrogen) atoms. The summed E-state index contributed by atoms with van der Waals surface area (Å²) in [7, 11) is 0.